The highest BCUT2D eigenvalue weighted by Gasteiger charge is 2.48. The van der Waals surface area contributed by atoms with Crippen molar-refractivity contribution >= 4 is 13.8 Å². The van der Waals surface area contributed by atoms with Crippen molar-refractivity contribution in [1.29, 1.82) is 0 Å². The third-order valence-electron chi connectivity index (χ3n) is 8.20. The van der Waals surface area contributed by atoms with E-state index in [1.165, 1.54) is 84.0 Å². The van der Waals surface area contributed by atoms with Gasteiger partial charge in [-0.3, -0.25) is 9.36 Å². The lowest BCUT2D eigenvalue weighted by Gasteiger charge is -2.31. The highest BCUT2D eigenvalue weighted by atomic mass is 31.2. The summed E-state index contributed by atoms with van der Waals surface area (Å²) < 4.78 is 34.4. The van der Waals surface area contributed by atoms with Crippen molar-refractivity contribution in [2.45, 2.75) is 116 Å². The Morgan fingerprint density at radius 1 is 0.895 bits per heavy atom. The molecule has 2 fully saturated rings. The third kappa shape index (κ3) is 14.8. The van der Waals surface area contributed by atoms with Gasteiger partial charge in [0.1, 0.15) is 6.10 Å². The first-order valence-corrected chi connectivity index (χ1v) is 16.9. The second kappa shape index (κ2) is 18.8. The lowest BCUT2D eigenvalue weighted by molar-refractivity contribution is -0.891. The summed E-state index contributed by atoms with van der Waals surface area (Å²) in [6.45, 7) is 7.31. The summed E-state index contributed by atoms with van der Waals surface area (Å²) in [4.78, 5) is 23.7. The number of nitrogens with zero attached hydrogens (tertiary/aromatic N) is 1. The van der Waals surface area contributed by atoms with E-state index in [-0.39, 0.29) is 25.7 Å². The fourth-order valence-corrected chi connectivity index (χ4v) is 6.84. The molecule has 0 radical (unpaired) electrons. The van der Waals surface area contributed by atoms with E-state index >= 15 is 0 Å². The minimum atomic E-state index is -4.47. The molecular formula is C29H56NO7P. The Morgan fingerprint density at radius 3 is 1.97 bits per heavy atom. The van der Waals surface area contributed by atoms with E-state index in [0.29, 0.717) is 12.5 Å². The van der Waals surface area contributed by atoms with E-state index in [2.05, 4.69) is 14.0 Å². The quantitative estimate of drug-likeness (QED) is 0.0616. The maximum atomic E-state index is 12.3. The van der Waals surface area contributed by atoms with E-state index in [1.807, 2.05) is 0 Å². The van der Waals surface area contributed by atoms with Gasteiger partial charge in [-0.15, -0.1) is 0 Å². The Kier molecular flexibility index (Phi) is 16.7. The monoisotopic (exact) mass is 561 g/mol. The molecule has 0 spiro atoms. The SMILES string of the molecule is CCCCCCCCCCCCCCCCOCC(COP(=O)([O-])OCC1C[N+]2(C)CCC1C2)OC(C)=O. The van der Waals surface area contributed by atoms with Crippen LogP contribution in [0.25, 0.3) is 0 Å². The molecule has 2 saturated heterocycles. The minimum absolute atomic E-state index is 0.110. The van der Waals surface area contributed by atoms with Crippen LogP contribution in [0.4, 0.5) is 0 Å². The Hall–Kier alpha value is -0.500. The molecule has 0 aromatic rings. The molecule has 2 heterocycles. The molecule has 2 rings (SSSR count). The molecule has 0 N–H and O–H groups in total. The van der Waals surface area contributed by atoms with Gasteiger partial charge < -0.3 is 27.9 Å². The maximum Gasteiger partial charge on any atom is 0.303 e. The summed E-state index contributed by atoms with van der Waals surface area (Å²) >= 11 is 0. The van der Waals surface area contributed by atoms with Gasteiger partial charge >= 0.3 is 5.97 Å². The number of rotatable bonds is 24. The fraction of sp³-hybridized carbons (Fsp3) is 0.966. The first-order valence-electron chi connectivity index (χ1n) is 15.4. The second-order valence-corrected chi connectivity index (χ2v) is 13.4. The molecule has 9 heteroatoms. The van der Waals surface area contributed by atoms with Gasteiger partial charge in [0.05, 0.1) is 46.5 Å². The minimum Gasteiger partial charge on any atom is -0.756 e. The molecule has 0 amide bonds. The third-order valence-corrected chi connectivity index (χ3v) is 9.13. The van der Waals surface area contributed by atoms with Gasteiger partial charge in [0.15, 0.2) is 0 Å². The van der Waals surface area contributed by atoms with Crippen LogP contribution in [0.15, 0.2) is 0 Å². The van der Waals surface area contributed by atoms with Crippen LogP contribution in [0.3, 0.4) is 0 Å². The van der Waals surface area contributed by atoms with E-state index in [1.54, 1.807) is 0 Å². The number of unbranched alkanes of at least 4 members (excludes halogenated alkanes) is 13. The Morgan fingerprint density at radius 2 is 1.47 bits per heavy atom. The summed E-state index contributed by atoms with van der Waals surface area (Å²) in [7, 11) is -2.25. The van der Waals surface area contributed by atoms with Crippen LogP contribution in [0.5, 0.6) is 0 Å². The van der Waals surface area contributed by atoms with Crippen molar-refractivity contribution in [3.63, 3.8) is 0 Å². The van der Waals surface area contributed by atoms with Crippen LogP contribution in [0.2, 0.25) is 0 Å². The lowest BCUT2D eigenvalue weighted by atomic mass is 9.93. The highest BCUT2D eigenvalue weighted by molar-refractivity contribution is 7.45. The van der Waals surface area contributed by atoms with Crippen molar-refractivity contribution in [2.24, 2.45) is 11.8 Å². The smallest absolute Gasteiger partial charge is 0.303 e. The number of esters is 1. The number of fused-ring (bicyclic) bond motifs is 2. The van der Waals surface area contributed by atoms with Crippen LogP contribution in [0.1, 0.15) is 110 Å². The Bertz CT molecular complexity index is 694. The van der Waals surface area contributed by atoms with Gasteiger partial charge in [0.25, 0.3) is 7.82 Å². The molecule has 5 unspecified atom stereocenters. The number of piperidine rings is 1. The predicted octanol–water partition coefficient (Wildman–Crippen LogP) is 6.01. The number of hydrogen-bond donors (Lipinski definition) is 0. The molecule has 0 saturated carbocycles. The molecular weight excluding hydrogens is 505 g/mol. The summed E-state index contributed by atoms with van der Waals surface area (Å²) in [5.74, 6) is 0.280. The molecule has 224 valence electrons. The van der Waals surface area contributed by atoms with Gasteiger partial charge in [-0.25, -0.2) is 0 Å². The molecule has 38 heavy (non-hydrogen) atoms. The zero-order valence-electron chi connectivity index (χ0n) is 24.5. The number of carbonyl (C=O) groups excluding carboxylic acids is 1. The summed E-state index contributed by atoms with van der Waals surface area (Å²) in [5.41, 5.74) is 0. The largest absolute Gasteiger partial charge is 0.756 e. The predicted molar refractivity (Wildman–Crippen MR) is 149 cm³/mol. The van der Waals surface area contributed by atoms with E-state index in [9.17, 15) is 14.3 Å². The van der Waals surface area contributed by atoms with Gasteiger partial charge in [-0.05, 0) is 6.42 Å². The van der Waals surface area contributed by atoms with Crippen molar-refractivity contribution in [1.82, 2.24) is 0 Å². The van der Waals surface area contributed by atoms with Crippen LogP contribution < -0.4 is 4.89 Å². The Balaban J connectivity index is 1.46. The topological polar surface area (TPSA) is 94.1 Å². The summed E-state index contributed by atoms with van der Waals surface area (Å²) in [6, 6.07) is 0. The standard InChI is InChI=1S/C29H56NO7P/c1-4-5-6-7-8-9-10-11-12-13-14-15-16-17-20-34-24-29(37-26(2)31)25-36-38(32,33)35-23-28-22-30(3)19-18-27(28)21-30/h27-29H,4-25H2,1-3H3. The average molecular weight is 562 g/mol. The number of phosphoric ester groups is 1. The van der Waals surface area contributed by atoms with Crippen molar-refractivity contribution in [3.8, 4) is 0 Å². The van der Waals surface area contributed by atoms with Crippen LogP contribution in [-0.4, -0.2) is 69.7 Å². The number of carbonyl (C=O) groups is 1. The van der Waals surface area contributed by atoms with E-state index in [0.717, 1.165) is 43.4 Å². The van der Waals surface area contributed by atoms with Crippen LogP contribution in [0, 0.1) is 11.8 Å². The van der Waals surface area contributed by atoms with Gasteiger partial charge in [-0.1, -0.05) is 90.4 Å². The van der Waals surface area contributed by atoms with Crippen molar-refractivity contribution in [2.75, 3.05) is 53.1 Å². The van der Waals surface area contributed by atoms with Gasteiger partial charge in [0, 0.05) is 31.8 Å². The molecule has 0 aromatic heterocycles. The number of phosphoric acid groups is 1. The molecule has 2 bridgehead atoms. The average Bonchev–Trinajstić information content (AvgIpc) is 3.41. The highest BCUT2D eigenvalue weighted by Crippen LogP contribution is 2.43. The first-order chi connectivity index (χ1) is 18.2. The molecule has 2 aliphatic rings. The van der Waals surface area contributed by atoms with E-state index in [4.69, 9.17) is 18.5 Å². The molecule has 5 atom stereocenters. The van der Waals surface area contributed by atoms with Crippen LogP contribution in [-0.2, 0) is 27.9 Å². The van der Waals surface area contributed by atoms with Gasteiger partial charge in [0.2, 0.25) is 0 Å². The summed E-state index contributed by atoms with van der Waals surface area (Å²) in [6.07, 6.45) is 18.5. The maximum absolute atomic E-state index is 12.3. The number of ether oxygens (including phenoxy) is 2. The van der Waals surface area contributed by atoms with Crippen molar-refractivity contribution < 1.29 is 37.3 Å². The fourth-order valence-electron chi connectivity index (χ4n) is 6.04. The van der Waals surface area contributed by atoms with E-state index < -0.39 is 19.9 Å². The normalized spacial score (nSPS) is 24.9. The summed E-state index contributed by atoms with van der Waals surface area (Å²) in [5, 5.41) is 0. The molecule has 0 aromatic carbocycles. The first kappa shape index (κ1) is 33.7. The molecule has 2 aliphatic heterocycles. The van der Waals surface area contributed by atoms with Gasteiger partial charge in [-0.2, -0.15) is 0 Å². The zero-order valence-corrected chi connectivity index (χ0v) is 25.4. The molecule has 8 nitrogen and oxygen atoms in total. The van der Waals surface area contributed by atoms with Crippen LogP contribution >= 0.6 is 7.82 Å². The van der Waals surface area contributed by atoms with Crippen molar-refractivity contribution in [3.05, 3.63) is 0 Å². The zero-order chi connectivity index (χ0) is 27.7. The second-order valence-electron chi connectivity index (χ2n) is 12.0. The number of quaternary nitrogens is 1. The Labute approximate surface area is 232 Å². The number of hydrogen-bond acceptors (Lipinski definition) is 7. The molecule has 0 aliphatic carbocycles. The lowest BCUT2D eigenvalue weighted by Crippen LogP contribution is -2.41.